The number of rotatable bonds is 3. The maximum Gasteiger partial charge on any atom is 0.314 e. The van der Waals surface area contributed by atoms with E-state index in [9.17, 15) is 9.59 Å². The molecule has 0 bridgehead atoms. The van der Waals surface area contributed by atoms with Gasteiger partial charge < -0.3 is 15.0 Å². The first kappa shape index (κ1) is 16.3. The first-order valence-corrected chi connectivity index (χ1v) is 7.86. The summed E-state index contributed by atoms with van der Waals surface area (Å²) in [6.45, 7) is 8.51. The Hall–Kier alpha value is -1.10. The fourth-order valence-corrected chi connectivity index (χ4v) is 2.96. The number of nitrogens with zero attached hydrogens (tertiary/aromatic N) is 1. The van der Waals surface area contributed by atoms with Crippen LogP contribution in [-0.2, 0) is 14.3 Å². The molecule has 2 saturated heterocycles. The topological polar surface area (TPSA) is 58.6 Å². The molecular weight excluding hydrogens is 268 g/mol. The van der Waals surface area contributed by atoms with E-state index in [1.165, 1.54) is 0 Å². The average molecular weight is 295 g/mol. The number of ether oxygens (including phenoxy) is 1. The van der Waals surface area contributed by atoms with Gasteiger partial charge in [-0.25, -0.2) is 0 Å². The number of amides is 1. The SMILES string of the molecule is CC(C)(C)OC(=O)[C@]1(CC(=O)N2C[CH]CC2)CCCNC1. The highest BCUT2D eigenvalue weighted by atomic mass is 16.6. The van der Waals surface area contributed by atoms with Crippen LogP contribution in [0.2, 0.25) is 0 Å². The lowest BCUT2D eigenvalue weighted by Crippen LogP contribution is -2.50. The van der Waals surface area contributed by atoms with Crippen LogP contribution >= 0.6 is 0 Å². The molecule has 1 radical (unpaired) electrons. The lowest BCUT2D eigenvalue weighted by Gasteiger charge is -2.37. The van der Waals surface area contributed by atoms with Crippen molar-refractivity contribution in [3.8, 4) is 0 Å². The summed E-state index contributed by atoms with van der Waals surface area (Å²) in [7, 11) is 0. The Morgan fingerprint density at radius 1 is 1.38 bits per heavy atom. The van der Waals surface area contributed by atoms with Crippen molar-refractivity contribution in [3.05, 3.63) is 6.42 Å². The van der Waals surface area contributed by atoms with Crippen molar-refractivity contribution in [3.63, 3.8) is 0 Å². The third-order valence-electron chi connectivity index (χ3n) is 4.10. The van der Waals surface area contributed by atoms with E-state index < -0.39 is 11.0 Å². The second kappa shape index (κ2) is 6.34. The van der Waals surface area contributed by atoms with Crippen LogP contribution in [0.5, 0.6) is 0 Å². The van der Waals surface area contributed by atoms with Crippen LogP contribution in [0, 0.1) is 11.8 Å². The summed E-state index contributed by atoms with van der Waals surface area (Å²) in [6, 6.07) is 0. The highest BCUT2D eigenvalue weighted by molar-refractivity contribution is 5.86. The van der Waals surface area contributed by atoms with Crippen LogP contribution in [0.1, 0.15) is 46.5 Å². The molecule has 1 N–H and O–H groups in total. The number of carbonyl (C=O) groups excluding carboxylic acids is 2. The molecule has 0 saturated carbocycles. The minimum atomic E-state index is -0.703. The zero-order chi connectivity index (χ0) is 15.5. The minimum Gasteiger partial charge on any atom is -0.459 e. The summed E-state index contributed by atoms with van der Waals surface area (Å²) < 4.78 is 5.59. The van der Waals surface area contributed by atoms with Gasteiger partial charge in [-0.1, -0.05) is 0 Å². The molecule has 0 spiro atoms. The first-order chi connectivity index (χ1) is 9.82. The van der Waals surface area contributed by atoms with E-state index in [2.05, 4.69) is 11.7 Å². The molecule has 2 rings (SSSR count). The van der Waals surface area contributed by atoms with Crippen molar-refractivity contribution in [2.45, 2.75) is 52.1 Å². The number of hydrogen-bond acceptors (Lipinski definition) is 4. The maximum absolute atomic E-state index is 12.6. The molecule has 2 heterocycles. The minimum absolute atomic E-state index is 0.0679. The van der Waals surface area contributed by atoms with Crippen molar-refractivity contribution in [1.29, 1.82) is 0 Å². The van der Waals surface area contributed by atoms with Gasteiger partial charge in [0, 0.05) is 26.1 Å². The van der Waals surface area contributed by atoms with Crippen molar-refractivity contribution in [2.75, 3.05) is 26.2 Å². The van der Waals surface area contributed by atoms with Crippen molar-refractivity contribution >= 4 is 11.9 Å². The molecule has 2 aliphatic heterocycles. The van der Waals surface area contributed by atoms with Crippen LogP contribution in [-0.4, -0.2) is 48.6 Å². The van der Waals surface area contributed by atoms with Crippen LogP contribution in [0.3, 0.4) is 0 Å². The van der Waals surface area contributed by atoms with E-state index >= 15 is 0 Å². The van der Waals surface area contributed by atoms with Gasteiger partial charge in [0.25, 0.3) is 0 Å². The monoisotopic (exact) mass is 295 g/mol. The van der Waals surface area contributed by atoms with Gasteiger partial charge in [0.2, 0.25) is 5.91 Å². The van der Waals surface area contributed by atoms with Gasteiger partial charge in [0.15, 0.2) is 0 Å². The van der Waals surface area contributed by atoms with Crippen LogP contribution in [0.25, 0.3) is 0 Å². The Morgan fingerprint density at radius 2 is 2.14 bits per heavy atom. The van der Waals surface area contributed by atoms with E-state index in [0.717, 1.165) is 32.4 Å². The lowest BCUT2D eigenvalue weighted by atomic mass is 9.77. The molecule has 0 unspecified atom stereocenters. The molecule has 1 amide bonds. The number of nitrogens with one attached hydrogen (secondary N) is 1. The molecule has 1 atom stereocenters. The quantitative estimate of drug-likeness (QED) is 0.802. The van der Waals surface area contributed by atoms with Gasteiger partial charge in [-0.05, 0) is 53.0 Å². The van der Waals surface area contributed by atoms with E-state index in [0.29, 0.717) is 13.1 Å². The molecule has 0 aromatic heterocycles. The molecule has 0 aromatic rings. The van der Waals surface area contributed by atoms with Gasteiger partial charge in [0.1, 0.15) is 5.60 Å². The number of hydrogen-bond donors (Lipinski definition) is 1. The van der Waals surface area contributed by atoms with Crippen molar-refractivity contribution in [1.82, 2.24) is 10.2 Å². The van der Waals surface area contributed by atoms with Crippen LogP contribution in [0.15, 0.2) is 0 Å². The van der Waals surface area contributed by atoms with E-state index in [-0.39, 0.29) is 18.3 Å². The summed E-state index contributed by atoms with van der Waals surface area (Å²) in [5.74, 6) is -0.169. The summed E-state index contributed by atoms with van der Waals surface area (Å²) in [6.07, 6.45) is 4.93. The van der Waals surface area contributed by atoms with Gasteiger partial charge in [-0.2, -0.15) is 0 Å². The molecule has 0 aliphatic carbocycles. The Balaban J connectivity index is 2.08. The van der Waals surface area contributed by atoms with Crippen LogP contribution < -0.4 is 5.32 Å². The summed E-state index contributed by atoms with van der Waals surface area (Å²) in [5, 5.41) is 3.26. The van der Waals surface area contributed by atoms with E-state index in [1.54, 1.807) is 0 Å². The Morgan fingerprint density at radius 3 is 2.67 bits per heavy atom. The number of likely N-dealkylation sites (tertiary alicyclic amines) is 1. The fourth-order valence-electron chi connectivity index (χ4n) is 2.96. The first-order valence-electron chi connectivity index (χ1n) is 7.86. The highest BCUT2D eigenvalue weighted by Gasteiger charge is 2.45. The van der Waals surface area contributed by atoms with Gasteiger partial charge in [-0.15, -0.1) is 0 Å². The Bertz CT molecular complexity index is 389. The van der Waals surface area contributed by atoms with Gasteiger partial charge >= 0.3 is 5.97 Å². The van der Waals surface area contributed by atoms with E-state index in [4.69, 9.17) is 4.74 Å². The third-order valence-corrected chi connectivity index (χ3v) is 4.10. The average Bonchev–Trinajstić information content (AvgIpc) is 2.91. The van der Waals surface area contributed by atoms with Crippen LogP contribution in [0.4, 0.5) is 0 Å². The molecule has 21 heavy (non-hydrogen) atoms. The lowest BCUT2D eigenvalue weighted by molar-refractivity contribution is -0.171. The van der Waals surface area contributed by atoms with Gasteiger partial charge in [-0.3, -0.25) is 9.59 Å². The standard InChI is InChI=1S/C16H27N2O3/c1-15(2,3)21-14(20)16(7-6-8-17-12-16)11-13(19)18-9-4-5-10-18/h4,17H,5-12H2,1-3H3/t16-/m0/s1. The number of carbonyl (C=O) groups is 2. The predicted molar refractivity (Wildman–Crippen MR) is 80.5 cm³/mol. The van der Waals surface area contributed by atoms with Crippen molar-refractivity contribution in [2.24, 2.45) is 5.41 Å². The maximum atomic E-state index is 12.6. The predicted octanol–water partition coefficient (Wildman–Crippen LogP) is 1.52. The normalized spacial score (nSPS) is 26.7. The highest BCUT2D eigenvalue weighted by Crippen LogP contribution is 2.34. The molecular formula is C16H27N2O3. The van der Waals surface area contributed by atoms with Crippen molar-refractivity contribution < 1.29 is 14.3 Å². The summed E-state index contributed by atoms with van der Waals surface area (Å²) in [5.41, 5.74) is -1.22. The molecule has 0 aromatic carbocycles. The second-order valence-corrected chi connectivity index (χ2v) is 7.16. The summed E-state index contributed by atoms with van der Waals surface area (Å²) in [4.78, 5) is 26.9. The zero-order valence-electron chi connectivity index (χ0n) is 13.4. The second-order valence-electron chi connectivity index (χ2n) is 7.16. The molecule has 5 heteroatoms. The van der Waals surface area contributed by atoms with E-state index in [1.807, 2.05) is 25.7 Å². The largest absolute Gasteiger partial charge is 0.459 e. The molecule has 5 nitrogen and oxygen atoms in total. The molecule has 2 aliphatic rings. The molecule has 119 valence electrons. The zero-order valence-corrected chi connectivity index (χ0v) is 13.4. The molecule has 2 fully saturated rings. The van der Waals surface area contributed by atoms with Gasteiger partial charge in [0.05, 0.1) is 5.41 Å². The number of piperidine rings is 1. The third kappa shape index (κ3) is 4.19. The number of esters is 1. The fraction of sp³-hybridized carbons (Fsp3) is 0.812. The Labute approximate surface area is 127 Å². The smallest absolute Gasteiger partial charge is 0.314 e. The Kier molecular flexibility index (Phi) is 4.91. The summed E-state index contributed by atoms with van der Waals surface area (Å²) >= 11 is 0.